The van der Waals surface area contributed by atoms with Crippen molar-refractivity contribution in [3.8, 4) is 0 Å². The van der Waals surface area contributed by atoms with Gasteiger partial charge in [-0.3, -0.25) is 14.9 Å². The SMILES string of the molecule is O=C(COC(=O)CC1CCCC1)NC(=O)NCc1ccccc1. The fourth-order valence-corrected chi connectivity index (χ4v) is 2.64. The summed E-state index contributed by atoms with van der Waals surface area (Å²) in [6.07, 6.45) is 4.75. The summed E-state index contributed by atoms with van der Waals surface area (Å²) in [5.41, 5.74) is 0.929. The third-order valence-electron chi connectivity index (χ3n) is 3.84. The van der Waals surface area contributed by atoms with E-state index >= 15 is 0 Å². The molecule has 1 saturated carbocycles. The number of urea groups is 1. The number of esters is 1. The summed E-state index contributed by atoms with van der Waals surface area (Å²) in [6, 6.07) is 8.74. The number of nitrogens with one attached hydrogen (secondary N) is 2. The summed E-state index contributed by atoms with van der Waals surface area (Å²) in [6.45, 7) is -0.105. The molecule has 1 aromatic rings. The third-order valence-corrected chi connectivity index (χ3v) is 3.84. The van der Waals surface area contributed by atoms with Gasteiger partial charge in [0.15, 0.2) is 6.61 Å². The van der Waals surface area contributed by atoms with Crippen LogP contribution in [0.4, 0.5) is 4.79 Å². The second-order valence-corrected chi connectivity index (χ2v) is 5.73. The second-order valence-electron chi connectivity index (χ2n) is 5.73. The predicted octanol–water partition coefficient (Wildman–Crippen LogP) is 2.14. The highest BCUT2D eigenvalue weighted by molar-refractivity contribution is 5.95. The van der Waals surface area contributed by atoms with E-state index < -0.39 is 18.5 Å². The minimum Gasteiger partial charge on any atom is -0.456 e. The molecule has 2 rings (SSSR count). The van der Waals surface area contributed by atoms with E-state index in [2.05, 4.69) is 10.6 Å². The Hall–Kier alpha value is -2.37. The lowest BCUT2D eigenvalue weighted by Crippen LogP contribution is -2.41. The van der Waals surface area contributed by atoms with Gasteiger partial charge in [0.05, 0.1) is 0 Å². The monoisotopic (exact) mass is 318 g/mol. The zero-order valence-electron chi connectivity index (χ0n) is 13.0. The predicted molar refractivity (Wildman–Crippen MR) is 84.4 cm³/mol. The lowest BCUT2D eigenvalue weighted by atomic mass is 10.1. The molecule has 23 heavy (non-hydrogen) atoms. The van der Waals surface area contributed by atoms with Crippen LogP contribution in [0.5, 0.6) is 0 Å². The molecule has 6 heteroatoms. The van der Waals surface area contributed by atoms with Crippen LogP contribution in [0, 0.1) is 5.92 Å². The van der Waals surface area contributed by atoms with E-state index in [0.29, 0.717) is 18.9 Å². The number of rotatable bonds is 6. The Morgan fingerprint density at radius 1 is 1.09 bits per heavy atom. The van der Waals surface area contributed by atoms with E-state index in [4.69, 9.17) is 4.74 Å². The van der Waals surface area contributed by atoms with E-state index in [0.717, 1.165) is 31.2 Å². The number of hydrogen-bond acceptors (Lipinski definition) is 4. The molecule has 0 radical (unpaired) electrons. The molecule has 0 heterocycles. The summed E-state index contributed by atoms with van der Waals surface area (Å²) in [4.78, 5) is 34.7. The van der Waals surface area contributed by atoms with Gasteiger partial charge in [-0.25, -0.2) is 4.79 Å². The zero-order valence-corrected chi connectivity index (χ0v) is 13.0. The van der Waals surface area contributed by atoms with Crippen molar-refractivity contribution in [2.75, 3.05) is 6.61 Å². The Balaban J connectivity index is 1.60. The van der Waals surface area contributed by atoms with Gasteiger partial charge < -0.3 is 10.1 Å². The number of amides is 3. The average molecular weight is 318 g/mol. The first-order chi connectivity index (χ1) is 11.1. The molecule has 124 valence electrons. The quantitative estimate of drug-likeness (QED) is 0.787. The van der Waals surface area contributed by atoms with Gasteiger partial charge in [-0.15, -0.1) is 0 Å². The van der Waals surface area contributed by atoms with Gasteiger partial charge in [0.25, 0.3) is 5.91 Å². The van der Waals surface area contributed by atoms with Crippen LogP contribution in [0.2, 0.25) is 0 Å². The second kappa shape index (κ2) is 8.92. The van der Waals surface area contributed by atoms with Gasteiger partial charge in [0.1, 0.15) is 0 Å². The molecule has 0 atom stereocenters. The molecule has 1 aliphatic carbocycles. The summed E-state index contributed by atoms with van der Waals surface area (Å²) in [5.74, 6) is -0.633. The molecule has 6 nitrogen and oxygen atoms in total. The van der Waals surface area contributed by atoms with Crippen LogP contribution in [-0.2, 0) is 20.9 Å². The number of hydrogen-bond donors (Lipinski definition) is 2. The van der Waals surface area contributed by atoms with E-state index in [1.54, 1.807) is 0 Å². The van der Waals surface area contributed by atoms with Crippen molar-refractivity contribution in [1.29, 1.82) is 0 Å². The molecular weight excluding hydrogens is 296 g/mol. The largest absolute Gasteiger partial charge is 0.456 e. The molecule has 2 N–H and O–H groups in total. The van der Waals surface area contributed by atoms with Gasteiger partial charge in [0.2, 0.25) is 0 Å². The van der Waals surface area contributed by atoms with Crippen molar-refractivity contribution < 1.29 is 19.1 Å². The van der Waals surface area contributed by atoms with Gasteiger partial charge in [-0.05, 0) is 24.3 Å². The fourth-order valence-electron chi connectivity index (χ4n) is 2.64. The Labute approximate surface area is 135 Å². The molecule has 0 aromatic heterocycles. The Kier molecular flexibility index (Phi) is 6.59. The maximum absolute atomic E-state index is 11.6. The molecule has 1 aromatic carbocycles. The number of carbonyl (C=O) groups excluding carboxylic acids is 3. The van der Waals surface area contributed by atoms with Crippen molar-refractivity contribution in [3.63, 3.8) is 0 Å². The Morgan fingerprint density at radius 3 is 2.48 bits per heavy atom. The molecule has 0 aliphatic heterocycles. The molecule has 0 unspecified atom stereocenters. The highest BCUT2D eigenvalue weighted by Gasteiger charge is 2.20. The molecule has 0 spiro atoms. The number of benzene rings is 1. The number of carbonyl (C=O) groups is 3. The van der Waals surface area contributed by atoms with Crippen LogP contribution in [0.3, 0.4) is 0 Å². The minimum atomic E-state index is -0.629. The van der Waals surface area contributed by atoms with Crippen LogP contribution in [0.25, 0.3) is 0 Å². The van der Waals surface area contributed by atoms with Gasteiger partial charge in [-0.2, -0.15) is 0 Å². The van der Waals surface area contributed by atoms with Crippen molar-refractivity contribution in [2.24, 2.45) is 5.92 Å². The highest BCUT2D eigenvalue weighted by atomic mass is 16.5. The van der Waals surface area contributed by atoms with E-state index in [9.17, 15) is 14.4 Å². The van der Waals surface area contributed by atoms with Gasteiger partial charge in [0, 0.05) is 13.0 Å². The lowest BCUT2D eigenvalue weighted by molar-refractivity contribution is -0.149. The summed E-state index contributed by atoms with van der Waals surface area (Å²) < 4.78 is 4.90. The first kappa shape index (κ1) is 17.0. The highest BCUT2D eigenvalue weighted by Crippen LogP contribution is 2.27. The normalized spacial score (nSPS) is 14.3. The van der Waals surface area contributed by atoms with Crippen molar-refractivity contribution in [1.82, 2.24) is 10.6 Å². The minimum absolute atomic E-state index is 0.321. The van der Waals surface area contributed by atoms with E-state index in [-0.39, 0.29) is 5.97 Å². The van der Waals surface area contributed by atoms with Gasteiger partial charge in [-0.1, -0.05) is 43.2 Å². The number of imide groups is 1. The lowest BCUT2D eigenvalue weighted by Gasteiger charge is -2.09. The smallest absolute Gasteiger partial charge is 0.321 e. The Morgan fingerprint density at radius 2 is 1.78 bits per heavy atom. The molecule has 3 amide bonds. The molecule has 0 bridgehead atoms. The average Bonchev–Trinajstić information content (AvgIpc) is 3.05. The van der Waals surface area contributed by atoms with Crippen molar-refractivity contribution >= 4 is 17.9 Å². The first-order valence-electron chi connectivity index (χ1n) is 7.90. The molecular formula is C17H22N2O4. The van der Waals surface area contributed by atoms with Crippen LogP contribution in [0.1, 0.15) is 37.7 Å². The molecule has 0 saturated heterocycles. The maximum Gasteiger partial charge on any atom is 0.321 e. The van der Waals surface area contributed by atoms with Gasteiger partial charge >= 0.3 is 12.0 Å². The van der Waals surface area contributed by atoms with Crippen molar-refractivity contribution in [2.45, 2.75) is 38.6 Å². The Bertz CT molecular complexity index is 539. The molecule has 1 aliphatic rings. The van der Waals surface area contributed by atoms with Crippen LogP contribution >= 0.6 is 0 Å². The summed E-state index contributed by atoms with van der Waals surface area (Å²) in [7, 11) is 0. The standard InChI is InChI=1S/C17H22N2O4/c20-15(12-23-16(21)10-13-6-4-5-7-13)19-17(22)18-11-14-8-2-1-3-9-14/h1-3,8-9,13H,4-7,10-12H2,(H2,18,19,20,22). The maximum atomic E-state index is 11.6. The van der Waals surface area contributed by atoms with Crippen LogP contribution < -0.4 is 10.6 Å². The first-order valence-corrected chi connectivity index (χ1v) is 7.90. The molecule has 1 fully saturated rings. The van der Waals surface area contributed by atoms with Crippen molar-refractivity contribution in [3.05, 3.63) is 35.9 Å². The zero-order chi connectivity index (χ0) is 16.5. The van der Waals surface area contributed by atoms with Crippen LogP contribution in [0.15, 0.2) is 30.3 Å². The third kappa shape index (κ3) is 6.50. The fraction of sp³-hybridized carbons (Fsp3) is 0.471. The topological polar surface area (TPSA) is 84.5 Å². The van der Waals surface area contributed by atoms with E-state index in [1.165, 1.54) is 0 Å². The number of ether oxygens (including phenoxy) is 1. The summed E-state index contributed by atoms with van der Waals surface area (Å²) in [5, 5.41) is 4.70. The van der Waals surface area contributed by atoms with E-state index in [1.807, 2.05) is 30.3 Å². The summed E-state index contributed by atoms with van der Waals surface area (Å²) >= 11 is 0. The van der Waals surface area contributed by atoms with Crippen LogP contribution in [-0.4, -0.2) is 24.5 Å².